The predicted octanol–water partition coefficient (Wildman–Crippen LogP) is 4.26. The highest BCUT2D eigenvalue weighted by molar-refractivity contribution is 7.99. The Kier molecular flexibility index (Phi) is 3.87. The Morgan fingerprint density at radius 2 is 1.95 bits per heavy atom. The van der Waals surface area contributed by atoms with Crippen LogP contribution in [0.25, 0.3) is 0 Å². The Bertz CT molecular complexity index is 708. The standard InChI is InChI=1S/C17H16N2OS/c1-2-9-19-13-5-3-4-6-16(13)21-17-10-12(15(20)11-18)7-8-14(17)19/h3-8,10,15,20H,2,9H2,1H3/t15-/m0/s1. The maximum atomic E-state index is 9.71. The minimum atomic E-state index is -1.06. The lowest BCUT2D eigenvalue weighted by Crippen LogP contribution is -2.21. The zero-order valence-electron chi connectivity index (χ0n) is 11.8. The fourth-order valence-corrected chi connectivity index (χ4v) is 3.70. The van der Waals surface area contributed by atoms with Gasteiger partial charge in [-0.25, -0.2) is 0 Å². The Hall–Kier alpha value is -1.96. The Morgan fingerprint density at radius 1 is 1.19 bits per heavy atom. The molecule has 106 valence electrons. The van der Waals surface area contributed by atoms with Gasteiger partial charge < -0.3 is 10.0 Å². The van der Waals surface area contributed by atoms with Crippen LogP contribution < -0.4 is 4.90 Å². The molecule has 0 radical (unpaired) electrons. The first-order valence-electron chi connectivity index (χ1n) is 7.00. The van der Waals surface area contributed by atoms with E-state index < -0.39 is 6.10 Å². The number of anilines is 2. The second kappa shape index (κ2) is 5.80. The van der Waals surface area contributed by atoms with Crippen molar-refractivity contribution in [3.8, 4) is 6.07 Å². The van der Waals surface area contributed by atoms with Gasteiger partial charge in [0.15, 0.2) is 6.10 Å². The summed E-state index contributed by atoms with van der Waals surface area (Å²) in [4.78, 5) is 4.61. The number of hydrogen-bond acceptors (Lipinski definition) is 4. The molecular formula is C17H16N2OS. The molecule has 2 aromatic carbocycles. The summed E-state index contributed by atoms with van der Waals surface area (Å²) in [7, 11) is 0. The number of benzene rings is 2. The quantitative estimate of drug-likeness (QED) is 0.860. The molecule has 1 heterocycles. The van der Waals surface area contributed by atoms with E-state index in [4.69, 9.17) is 5.26 Å². The molecule has 0 unspecified atom stereocenters. The number of nitriles is 1. The minimum Gasteiger partial charge on any atom is -0.374 e. The normalized spacial score (nSPS) is 14.0. The second-order valence-corrected chi connectivity index (χ2v) is 6.06. The third kappa shape index (κ3) is 2.51. The number of nitrogens with zero attached hydrogens (tertiary/aromatic N) is 2. The maximum absolute atomic E-state index is 9.71. The van der Waals surface area contributed by atoms with Crippen LogP contribution >= 0.6 is 11.8 Å². The van der Waals surface area contributed by atoms with Crippen molar-refractivity contribution in [3.63, 3.8) is 0 Å². The zero-order valence-corrected chi connectivity index (χ0v) is 12.6. The van der Waals surface area contributed by atoms with Crippen molar-refractivity contribution < 1.29 is 5.11 Å². The first kappa shape index (κ1) is 14.0. The van der Waals surface area contributed by atoms with Crippen LogP contribution in [-0.4, -0.2) is 11.7 Å². The number of hydrogen-bond donors (Lipinski definition) is 1. The average molecular weight is 296 g/mol. The summed E-state index contributed by atoms with van der Waals surface area (Å²) >= 11 is 1.69. The van der Waals surface area contributed by atoms with Gasteiger partial charge in [-0.2, -0.15) is 5.26 Å². The van der Waals surface area contributed by atoms with Crippen LogP contribution in [0.15, 0.2) is 52.3 Å². The fraction of sp³-hybridized carbons (Fsp3) is 0.235. The summed E-state index contributed by atoms with van der Waals surface area (Å²) in [5.74, 6) is 0. The molecule has 0 saturated heterocycles. The Morgan fingerprint density at radius 3 is 2.71 bits per heavy atom. The van der Waals surface area contributed by atoms with E-state index in [1.807, 2.05) is 30.3 Å². The van der Waals surface area contributed by atoms with Gasteiger partial charge in [-0.1, -0.05) is 36.9 Å². The summed E-state index contributed by atoms with van der Waals surface area (Å²) in [6.07, 6.45) is -0.00576. The SMILES string of the molecule is CCCN1c2ccccc2Sc2cc([C@@H](O)C#N)ccc21. The maximum Gasteiger partial charge on any atom is 0.165 e. The molecule has 3 rings (SSSR count). The molecule has 1 aliphatic heterocycles. The monoisotopic (exact) mass is 296 g/mol. The van der Waals surface area contributed by atoms with E-state index in [-0.39, 0.29) is 0 Å². The van der Waals surface area contributed by atoms with Gasteiger partial charge in [0.25, 0.3) is 0 Å². The summed E-state index contributed by atoms with van der Waals surface area (Å²) in [5.41, 5.74) is 3.03. The molecule has 0 bridgehead atoms. The van der Waals surface area contributed by atoms with Crippen molar-refractivity contribution in [3.05, 3.63) is 48.0 Å². The second-order valence-electron chi connectivity index (χ2n) is 4.98. The van der Waals surface area contributed by atoms with Gasteiger partial charge in [0.05, 0.1) is 17.4 Å². The minimum absolute atomic E-state index is 0.652. The molecule has 3 nitrogen and oxygen atoms in total. The van der Waals surface area contributed by atoms with Crippen molar-refractivity contribution in [2.75, 3.05) is 11.4 Å². The van der Waals surface area contributed by atoms with Gasteiger partial charge in [-0.05, 0) is 36.2 Å². The van der Waals surface area contributed by atoms with E-state index in [1.54, 1.807) is 11.8 Å². The molecule has 0 fully saturated rings. The number of aliphatic hydroxyl groups is 1. The van der Waals surface area contributed by atoms with E-state index in [2.05, 4.69) is 30.0 Å². The van der Waals surface area contributed by atoms with Crippen LogP contribution in [0.2, 0.25) is 0 Å². The smallest absolute Gasteiger partial charge is 0.165 e. The van der Waals surface area contributed by atoms with Crippen LogP contribution in [-0.2, 0) is 0 Å². The molecular weight excluding hydrogens is 280 g/mol. The molecule has 0 spiro atoms. The van der Waals surface area contributed by atoms with Crippen LogP contribution in [0.5, 0.6) is 0 Å². The molecule has 1 atom stereocenters. The van der Waals surface area contributed by atoms with Crippen molar-refractivity contribution >= 4 is 23.1 Å². The molecule has 0 saturated carbocycles. The van der Waals surface area contributed by atoms with Crippen LogP contribution in [0.3, 0.4) is 0 Å². The molecule has 0 aromatic heterocycles. The van der Waals surface area contributed by atoms with E-state index in [0.717, 1.165) is 23.5 Å². The Labute approximate surface area is 128 Å². The van der Waals surface area contributed by atoms with Gasteiger partial charge in [0, 0.05) is 16.3 Å². The first-order chi connectivity index (χ1) is 10.2. The molecule has 1 aliphatic rings. The lowest BCUT2D eigenvalue weighted by molar-refractivity contribution is 0.235. The van der Waals surface area contributed by atoms with Gasteiger partial charge in [0.1, 0.15) is 0 Å². The lowest BCUT2D eigenvalue weighted by Gasteiger charge is -2.32. The van der Waals surface area contributed by atoms with E-state index in [0.29, 0.717) is 5.56 Å². The number of aliphatic hydroxyl groups excluding tert-OH is 1. The summed E-state index contributed by atoms with van der Waals surface area (Å²) < 4.78 is 0. The zero-order chi connectivity index (χ0) is 14.8. The third-order valence-corrected chi connectivity index (χ3v) is 4.65. The van der Waals surface area contributed by atoms with Crippen molar-refractivity contribution in [1.82, 2.24) is 0 Å². The van der Waals surface area contributed by atoms with Crippen LogP contribution in [0.1, 0.15) is 25.0 Å². The van der Waals surface area contributed by atoms with E-state index >= 15 is 0 Å². The molecule has 21 heavy (non-hydrogen) atoms. The first-order valence-corrected chi connectivity index (χ1v) is 7.82. The number of para-hydroxylation sites is 1. The summed E-state index contributed by atoms with van der Waals surface area (Å²) in [5, 5.41) is 18.6. The van der Waals surface area contributed by atoms with Gasteiger partial charge in [-0.15, -0.1) is 0 Å². The number of rotatable bonds is 3. The molecule has 0 aliphatic carbocycles. The molecule has 4 heteroatoms. The highest BCUT2D eigenvalue weighted by Gasteiger charge is 2.23. The highest BCUT2D eigenvalue weighted by Crippen LogP contribution is 2.48. The van der Waals surface area contributed by atoms with Gasteiger partial charge >= 0.3 is 0 Å². The molecule has 2 aromatic rings. The lowest BCUT2D eigenvalue weighted by atomic mass is 10.1. The molecule has 0 amide bonds. The van der Waals surface area contributed by atoms with Crippen molar-refractivity contribution in [2.24, 2.45) is 0 Å². The Balaban J connectivity index is 2.08. The van der Waals surface area contributed by atoms with Gasteiger partial charge in [-0.3, -0.25) is 0 Å². The van der Waals surface area contributed by atoms with Gasteiger partial charge in [0.2, 0.25) is 0 Å². The largest absolute Gasteiger partial charge is 0.374 e. The van der Waals surface area contributed by atoms with Crippen molar-refractivity contribution in [2.45, 2.75) is 29.2 Å². The van der Waals surface area contributed by atoms with E-state index in [1.165, 1.54) is 10.6 Å². The van der Waals surface area contributed by atoms with E-state index in [9.17, 15) is 5.11 Å². The predicted molar refractivity (Wildman–Crippen MR) is 84.9 cm³/mol. The highest BCUT2D eigenvalue weighted by atomic mass is 32.2. The van der Waals surface area contributed by atoms with Crippen LogP contribution in [0, 0.1) is 11.3 Å². The summed E-state index contributed by atoms with van der Waals surface area (Å²) in [6, 6.07) is 16.0. The third-order valence-electron chi connectivity index (χ3n) is 3.54. The summed E-state index contributed by atoms with van der Waals surface area (Å²) in [6.45, 7) is 3.11. The molecule has 1 N–H and O–H groups in total. The topological polar surface area (TPSA) is 47.3 Å². The van der Waals surface area contributed by atoms with Crippen LogP contribution in [0.4, 0.5) is 11.4 Å². The fourth-order valence-electron chi connectivity index (χ4n) is 2.56. The average Bonchev–Trinajstić information content (AvgIpc) is 2.53. The number of fused-ring (bicyclic) bond motifs is 2. The van der Waals surface area contributed by atoms with Crippen molar-refractivity contribution in [1.29, 1.82) is 5.26 Å².